The molecule has 198 valence electrons. The number of fused-ring (bicyclic) bond motifs is 3. The SMILES string of the molecule is C=C(C)Cn1c(SCC(=O)C2=CC=CC2)nc2sc3c(c2c1=O)CCC(C(=O)c1cccc(C2(C)C=C2)c1)C3. The van der Waals surface area contributed by atoms with Crippen molar-refractivity contribution in [3.8, 4) is 0 Å². The van der Waals surface area contributed by atoms with Gasteiger partial charge >= 0.3 is 0 Å². The summed E-state index contributed by atoms with van der Waals surface area (Å²) in [7, 11) is 0. The summed E-state index contributed by atoms with van der Waals surface area (Å²) >= 11 is 2.83. The number of benzene rings is 1. The van der Waals surface area contributed by atoms with Crippen molar-refractivity contribution in [3.63, 3.8) is 0 Å². The van der Waals surface area contributed by atoms with Crippen molar-refractivity contribution in [1.82, 2.24) is 9.55 Å². The van der Waals surface area contributed by atoms with Crippen LogP contribution in [0.1, 0.15) is 53.1 Å². The van der Waals surface area contributed by atoms with E-state index in [-0.39, 0.29) is 34.2 Å². The van der Waals surface area contributed by atoms with Crippen LogP contribution in [0.25, 0.3) is 10.2 Å². The number of thiophene rings is 1. The highest BCUT2D eigenvalue weighted by Gasteiger charge is 2.33. The number of aromatic nitrogens is 2. The first-order chi connectivity index (χ1) is 18.7. The Balaban J connectivity index is 1.29. The summed E-state index contributed by atoms with van der Waals surface area (Å²) in [6.45, 7) is 8.41. The molecule has 6 rings (SSSR count). The van der Waals surface area contributed by atoms with Gasteiger partial charge in [0, 0.05) is 28.3 Å². The summed E-state index contributed by atoms with van der Waals surface area (Å²) < 4.78 is 1.66. The number of carbonyl (C=O) groups excluding carboxylic acids is 2. The molecule has 0 fully saturated rings. The van der Waals surface area contributed by atoms with Gasteiger partial charge < -0.3 is 0 Å². The van der Waals surface area contributed by atoms with E-state index in [0.717, 1.165) is 32.7 Å². The number of hydrogen-bond donors (Lipinski definition) is 0. The van der Waals surface area contributed by atoms with Crippen LogP contribution >= 0.6 is 23.1 Å². The Morgan fingerprint density at radius 3 is 2.82 bits per heavy atom. The molecule has 1 aromatic carbocycles. The third-order valence-corrected chi connectivity index (χ3v) is 9.95. The fraction of sp³-hybridized carbons (Fsp3) is 0.312. The molecular weight excluding hydrogens is 524 g/mol. The Bertz CT molecular complexity index is 1700. The molecule has 3 aliphatic rings. The number of hydrogen-bond acceptors (Lipinski definition) is 6. The van der Waals surface area contributed by atoms with Gasteiger partial charge in [0.25, 0.3) is 5.56 Å². The van der Waals surface area contributed by atoms with E-state index in [9.17, 15) is 14.4 Å². The highest BCUT2D eigenvalue weighted by atomic mass is 32.2. The van der Waals surface area contributed by atoms with Gasteiger partial charge in [-0.2, -0.15) is 0 Å². The summed E-state index contributed by atoms with van der Waals surface area (Å²) in [6.07, 6.45) is 12.7. The number of rotatable bonds is 9. The van der Waals surface area contributed by atoms with Crippen molar-refractivity contribution in [1.29, 1.82) is 0 Å². The largest absolute Gasteiger partial charge is 0.294 e. The van der Waals surface area contributed by atoms with E-state index in [1.54, 1.807) is 4.57 Å². The fourth-order valence-corrected chi connectivity index (χ4v) is 7.67. The molecular formula is C32H30N2O3S2. The zero-order chi connectivity index (χ0) is 27.3. The maximum Gasteiger partial charge on any atom is 0.263 e. The van der Waals surface area contributed by atoms with Crippen LogP contribution in [0.2, 0.25) is 0 Å². The molecule has 2 heterocycles. The van der Waals surface area contributed by atoms with Crippen molar-refractivity contribution in [3.05, 3.63) is 104 Å². The Hall–Kier alpha value is -3.29. The summed E-state index contributed by atoms with van der Waals surface area (Å²) in [5.41, 5.74) is 4.47. The number of carbonyl (C=O) groups is 2. The maximum atomic E-state index is 13.8. The third kappa shape index (κ3) is 4.94. The quantitative estimate of drug-likeness (QED) is 0.133. The molecule has 3 aromatic rings. The number of aryl methyl sites for hydroxylation is 1. The molecule has 1 atom stereocenters. The van der Waals surface area contributed by atoms with Crippen molar-refractivity contribution >= 4 is 44.9 Å². The fourth-order valence-electron chi connectivity index (χ4n) is 5.42. The minimum absolute atomic E-state index is 0.0257. The van der Waals surface area contributed by atoms with E-state index in [1.807, 2.05) is 43.4 Å². The summed E-state index contributed by atoms with van der Waals surface area (Å²) in [6, 6.07) is 7.99. The van der Waals surface area contributed by atoms with Crippen molar-refractivity contribution in [2.75, 3.05) is 5.75 Å². The lowest BCUT2D eigenvalue weighted by atomic mass is 9.82. The molecule has 39 heavy (non-hydrogen) atoms. The maximum absolute atomic E-state index is 13.8. The first kappa shape index (κ1) is 26.0. The second-order valence-corrected chi connectivity index (χ2v) is 13.0. The van der Waals surface area contributed by atoms with Gasteiger partial charge in [-0.3, -0.25) is 19.0 Å². The van der Waals surface area contributed by atoms with E-state index in [1.165, 1.54) is 23.1 Å². The molecule has 1 unspecified atom stereocenters. The Labute approximate surface area is 236 Å². The molecule has 0 bridgehead atoms. The first-order valence-corrected chi connectivity index (χ1v) is 15.1. The number of ketones is 2. The van der Waals surface area contributed by atoms with Gasteiger partial charge in [-0.05, 0) is 62.3 Å². The van der Waals surface area contributed by atoms with Gasteiger partial charge in [0.1, 0.15) is 4.83 Å². The molecule has 7 heteroatoms. The Kier molecular flexibility index (Phi) is 6.68. The smallest absolute Gasteiger partial charge is 0.263 e. The molecule has 0 amide bonds. The van der Waals surface area contributed by atoms with E-state index < -0.39 is 0 Å². The highest BCUT2D eigenvalue weighted by Crippen LogP contribution is 2.40. The van der Waals surface area contributed by atoms with Crippen LogP contribution in [-0.4, -0.2) is 26.9 Å². The normalized spacial score (nSPS) is 18.7. The molecule has 0 aliphatic heterocycles. The number of Topliss-reactive ketones (excluding diaryl/α,β-unsaturated/α-hetero) is 2. The molecule has 0 spiro atoms. The van der Waals surface area contributed by atoms with Gasteiger partial charge in [0.2, 0.25) is 0 Å². The topological polar surface area (TPSA) is 69.0 Å². The van der Waals surface area contributed by atoms with Crippen LogP contribution in [0.4, 0.5) is 0 Å². The lowest BCUT2D eigenvalue weighted by Crippen LogP contribution is -2.26. The van der Waals surface area contributed by atoms with Gasteiger partial charge in [-0.1, -0.05) is 72.5 Å². The van der Waals surface area contributed by atoms with Crippen LogP contribution < -0.4 is 5.56 Å². The van der Waals surface area contributed by atoms with E-state index in [0.29, 0.717) is 47.6 Å². The zero-order valence-corrected chi connectivity index (χ0v) is 23.8. The van der Waals surface area contributed by atoms with Crippen LogP contribution in [0.3, 0.4) is 0 Å². The number of thioether (sulfide) groups is 1. The van der Waals surface area contributed by atoms with Crippen LogP contribution in [0.5, 0.6) is 0 Å². The number of allylic oxidation sites excluding steroid dienone is 7. The second-order valence-electron chi connectivity index (χ2n) is 11.0. The highest BCUT2D eigenvalue weighted by molar-refractivity contribution is 7.99. The van der Waals surface area contributed by atoms with Crippen molar-refractivity contribution < 1.29 is 9.59 Å². The molecule has 0 saturated carbocycles. The average Bonchev–Trinajstić information content (AvgIpc) is 3.30. The summed E-state index contributed by atoms with van der Waals surface area (Å²) in [5.74, 6) is 0.348. The van der Waals surface area contributed by atoms with Crippen LogP contribution in [-0.2, 0) is 29.6 Å². The number of nitrogens with zero attached hydrogens (tertiary/aromatic N) is 2. The predicted octanol–water partition coefficient (Wildman–Crippen LogP) is 6.40. The lowest BCUT2D eigenvalue weighted by molar-refractivity contribution is -0.113. The minimum Gasteiger partial charge on any atom is -0.294 e. The lowest BCUT2D eigenvalue weighted by Gasteiger charge is -2.22. The van der Waals surface area contributed by atoms with Crippen LogP contribution in [0.15, 0.2) is 82.3 Å². The Morgan fingerprint density at radius 1 is 1.28 bits per heavy atom. The van der Waals surface area contributed by atoms with E-state index >= 15 is 0 Å². The first-order valence-electron chi connectivity index (χ1n) is 13.3. The molecule has 5 nitrogen and oxygen atoms in total. The van der Waals surface area contributed by atoms with E-state index in [4.69, 9.17) is 4.98 Å². The van der Waals surface area contributed by atoms with Gasteiger partial charge in [0.05, 0.1) is 11.1 Å². The minimum atomic E-state index is -0.113. The molecule has 0 N–H and O–H groups in total. The van der Waals surface area contributed by atoms with Gasteiger partial charge in [0.15, 0.2) is 16.7 Å². The predicted molar refractivity (Wildman–Crippen MR) is 159 cm³/mol. The van der Waals surface area contributed by atoms with Gasteiger partial charge in [-0.15, -0.1) is 11.3 Å². The summed E-state index contributed by atoms with van der Waals surface area (Å²) in [5, 5.41) is 1.20. The third-order valence-electron chi connectivity index (χ3n) is 7.83. The van der Waals surface area contributed by atoms with Gasteiger partial charge in [-0.25, -0.2) is 4.98 Å². The second kappa shape index (κ2) is 10.0. The Morgan fingerprint density at radius 2 is 2.10 bits per heavy atom. The summed E-state index contributed by atoms with van der Waals surface area (Å²) in [4.78, 5) is 46.6. The molecule has 0 saturated heterocycles. The standard InChI is InChI=1S/C32H30N2O3S2/c1-19(2)17-34-30(37)27-24-12-11-22(28(36)21-9-6-10-23(15-21)32(3)13-14-32)16-26(24)39-29(27)33-31(34)38-18-25(35)20-7-4-5-8-20/h4-7,9-10,13-15,22H,1,8,11-12,16-18H2,2-3H3. The van der Waals surface area contributed by atoms with E-state index in [2.05, 4.69) is 31.7 Å². The van der Waals surface area contributed by atoms with Crippen molar-refractivity contribution in [2.24, 2.45) is 5.92 Å². The zero-order valence-electron chi connectivity index (χ0n) is 22.2. The molecule has 3 aliphatic carbocycles. The van der Waals surface area contributed by atoms with Crippen LogP contribution in [0, 0.1) is 5.92 Å². The van der Waals surface area contributed by atoms with Crippen molar-refractivity contribution in [2.45, 2.75) is 56.6 Å². The average molecular weight is 555 g/mol. The molecule has 0 radical (unpaired) electrons. The monoisotopic (exact) mass is 554 g/mol. The molecule has 2 aromatic heterocycles.